The van der Waals surface area contributed by atoms with Crippen LogP contribution in [0.4, 0.5) is 34.1 Å². The van der Waals surface area contributed by atoms with Gasteiger partial charge < -0.3 is 14.5 Å². The summed E-state index contributed by atoms with van der Waals surface area (Å²) in [5, 5.41) is 0. The topological polar surface area (TPSA) is 54.4 Å². The lowest BCUT2D eigenvalue weighted by Gasteiger charge is -2.42. The lowest BCUT2D eigenvalue weighted by atomic mass is 9.72. The van der Waals surface area contributed by atoms with Crippen molar-refractivity contribution >= 4 is 34.1 Å². The van der Waals surface area contributed by atoms with Crippen molar-refractivity contribution in [3.05, 3.63) is 211 Å². The zero-order valence-electron chi connectivity index (χ0n) is 33.2. The first-order valence-electron chi connectivity index (χ1n) is 20.3. The van der Waals surface area contributed by atoms with Crippen LogP contribution in [0.15, 0.2) is 200 Å². The van der Waals surface area contributed by atoms with Crippen LogP contribution >= 0.6 is 0 Å². The highest BCUT2D eigenvalue weighted by Gasteiger charge is 2.38. The summed E-state index contributed by atoms with van der Waals surface area (Å²) in [7, 11) is 0. The van der Waals surface area contributed by atoms with Crippen molar-refractivity contribution in [2.45, 2.75) is 19.3 Å². The molecule has 0 atom stereocenters. The number of nitrogens with zero attached hydrogens (tertiary/aromatic N) is 5. The van der Waals surface area contributed by atoms with E-state index in [4.69, 9.17) is 19.7 Å². The maximum absolute atomic E-state index is 6.63. The van der Waals surface area contributed by atoms with E-state index in [1.54, 1.807) is 0 Å². The molecule has 0 radical (unpaired) electrons. The normalized spacial score (nSPS) is 13.4. The highest BCUT2D eigenvalue weighted by Crippen LogP contribution is 2.55. The maximum Gasteiger partial charge on any atom is 0.164 e. The molecule has 11 rings (SSSR count). The van der Waals surface area contributed by atoms with Gasteiger partial charge in [0.2, 0.25) is 0 Å². The first-order valence-corrected chi connectivity index (χ1v) is 20.3. The second kappa shape index (κ2) is 14.2. The van der Waals surface area contributed by atoms with E-state index in [1.165, 1.54) is 11.1 Å². The highest BCUT2D eigenvalue weighted by atomic mass is 16.5. The Morgan fingerprint density at radius 3 is 1.32 bits per heavy atom. The molecule has 6 heteroatoms. The number of aromatic nitrogens is 3. The van der Waals surface area contributed by atoms with Crippen molar-refractivity contribution in [1.29, 1.82) is 0 Å². The molecule has 3 heterocycles. The molecule has 0 saturated carbocycles. The van der Waals surface area contributed by atoms with Gasteiger partial charge in [0.1, 0.15) is 0 Å². The molecule has 6 nitrogen and oxygen atoms in total. The second-order valence-corrected chi connectivity index (χ2v) is 15.7. The quantitative estimate of drug-likeness (QED) is 0.168. The minimum atomic E-state index is -0.396. The largest absolute Gasteiger partial charge is 0.453 e. The predicted octanol–water partition coefficient (Wildman–Crippen LogP) is 14.2. The first kappa shape index (κ1) is 35.3. The van der Waals surface area contributed by atoms with Crippen molar-refractivity contribution in [3.8, 4) is 56.8 Å². The predicted molar refractivity (Wildman–Crippen MR) is 243 cm³/mol. The van der Waals surface area contributed by atoms with Gasteiger partial charge in [0.05, 0.1) is 22.7 Å². The molecular formula is C54H39N5O. The molecule has 0 unspecified atom stereocenters. The monoisotopic (exact) mass is 773 g/mol. The molecule has 8 aromatic carbocycles. The third-order valence-corrected chi connectivity index (χ3v) is 11.7. The van der Waals surface area contributed by atoms with E-state index in [0.29, 0.717) is 17.5 Å². The second-order valence-electron chi connectivity index (χ2n) is 15.7. The van der Waals surface area contributed by atoms with Crippen molar-refractivity contribution in [3.63, 3.8) is 0 Å². The average molecular weight is 774 g/mol. The van der Waals surface area contributed by atoms with E-state index in [9.17, 15) is 0 Å². The van der Waals surface area contributed by atoms with E-state index in [-0.39, 0.29) is 0 Å². The van der Waals surface area contributed by atoms with Gasteiger partial charge in [-0.3, -0.25) is 0 Å². The van der Waals surface area contributed by atoms with E-state index in [2.05, 4.69) is 145 Å². The SMILES string of the molecule is CC1(C)c2cc(-c3ccc4c(c3)Oc3ccccc3N4c3ccccc3)ccc2N(c2ccccc2)c2ccc(-c3nc(-c4ccccc4)nc(-c4ccccc4)n3)cc21. The number of ether oxygens (including phenoxy) is 1. The Hall–Kier alpha value is -7.83. The molecule has 60 heavy (non-hydrogen) atoms. The zero-order valence-corrected chi connectivity index (χ0v) is 33.2. The smallest absolute Gasteiger partial charge is 0.164 e. The summed E-state index contributed by atoms with van der Waals surface area (Å²) in [6.45, 7) is 4.65. The standard InChI is InChI=1S/C54H39N5O/c1-54(2)43-33-38(39-28-32-48-50(35-39)60-49-26-16-15-25-47(49)59(48)42-23-13-6-14-24-42)27-30-45(43)58(41-21-11-5-12-22-41)46-31-29-40(34-44(46)54)53-56-51(36-17-7-3-8-18-36)55-52(57-53)37-19-9-4-10-20-37/h3-35H,1-2H3. The minimum Gasteiger partial charge on any atom is -0.453 e. The molecule has 2 aliphatic rings. The Labute approximate surface area is 349 Å². The Kier molecular flexibility index (Phi) is 8.38. The fraction of sp³-hybridized carbons (Fsp3) is 0.0556. The van der Waals surface area contributed by atoms with Crippen LogP contribution in [-0.2, 0) is 5.41 Å². The molecule has 9 aromatic rings. The molecule has 0 bridgehead atoms. The summed E-state index contributed by atoms with van der Waals surface area (Å²) in [5.74, 6) is 3.55. The van der Waals surface area contributed by atoms with Crippen LogP contribution in [-0.4, -0.2) is 15.0 Å². The van der Waals surface area contributed by atoms with Crippen molar-refractivity contribution in [2.24, 2.45) is 0 Å². The van der Waals surface area contributed by atoms with Crippen LogP contribution in [0.5, 0.6) is 11.5 Å². The summed E-state index contributed by atoms with van der Waals surface area (Å²) in [6, 6.07) is 69.6. The molecular weight excluding hydrogens is 735 g/mol. The Balaban J connectivity index is 1.04. The molecule has 0 N–H and O–H groups in total. The first-order chi connectivity index (χ1) is 29.5. The van der Waals surface area contributed by atoms with Gasteiger partial charge in [-0.1, -0.05) is 135 Å². The maximum atomic E-state index is 6.63. The van der Waals surface area contributed by atoms with Gasteiger partial charge in [-0.2, -0.15) is 0 Å². The lowest BCUT2D eigenvalue weighted by molar-refractivity contribution is 0.477. The number of benzene rings is 8. The molecule has 0 aliphatic carbocycles. The van der Waals surface area contributed by atoms with Gasteiger partial charge in [-0.25, -0.2) is 15.0 Å². The summed E-state index contributed by atoms with van der Waals surface area (Å²) in [6.07, 6.45) is 0. The fourth-order valence-corrected chi connectivity index (χ4v) is 8.64. The van der Waals surface area contributed by atoms with Gasteiger partial charge in [0, 0.05) is 33.5 Å². The minimum absolute atomic E-state index is 0.396. The Bertz CT molecular complexity index is 2990. The average Bonchev–Trinajstić information content (AvgIpc) is 3.31. The number of fused-ring (bicyclic) bond motifs is 4. The molecule has 0 saturated heterocycles. The molecule has 0 amide bonds. The summed E-state index contributed by atoms with van der Waals surface area (Å²) < 4.78 is 6.63. The number of hydrogen-bond acceptors (Lipinski definition) is 6. The number of hydrogen-bond donors (Lipinski definition) is 0. The van der Waals surface area contributed by atoms with Crippen LogP contribution in [0.2, 0.25) is 0 Å². The zero-order chi connectivity index (χ0) is 40.2. The molecule has 2 aliphatic heterocycles. The third-order valence-electron chi connectivity index (χ3n) is 11.7. The van der Waals surface area contributed by atoms with Crippen molar-refractivity contribution in [2.75, 3.05) is 9.80 Å². The third kappa shape index (κ3) is 6.00. The van der Waals surface area contributed by atoms with E-state index in [0.717, 1.165) is 73.4 Å². The van der Waals surface area contributed by atoms with E-state index >= 15 is 0 Å². The van der Waals surface area contributed by atoms with Crippen LogP contribution < -0.4 is 14.5 Å². The van der Waals surface area contributed by atoms with Gasteiger partial charge in [0.25, 0.3) is 0 Å². The van der Waals surface area contributed by atoms with E-state index in [1.807, 2.05) is 78.9 Å². The summed E-state index contributed by atoms with van der Waals surface area (Å²) >= 11 is 0. The molecule has 0 spiro atoms. The molecule has 0 fully saturated rings. The highest BCUT2D eigenvalue weighted by molar-refractivity contribution is 5.91. The van der Waals surface area contributed by atoms with Gasteiger partial charge in [0.15, 0.2) is 29.0 Å². The van der Waals surface area contributed by atoms with Crippen LogP contribution in [0.25, 0.3) is 45.3 Å². The number of para-hydroxylation sites is 4. The summed E-state index contributed by atoms with van der Waals surface area (Å²) in [4.78, 5) is 19.8. The van der Waals surface area contributed by atoms with Gasteiger partial charge in [-0.15, -0.1) is 0 Å². The van der Waals surface area contributed by atoms with Gasteiger partial charge >= 0.3 is 0 Å². The Morgan fingerprint density at radius 1 is 0.350 bits per heavy atom. The van der Waals surface area contributed by atoms with Crippen LogP contribution in [0.3, 0.4) is 0 Å². The fourth-order valence-electron chi connectivity index (χ4n) is 8.64. The Morgan fingerprint density at radius 2 is 0.750 bits per heavy atom. The van der Waals surface area contributed by atoms with Gasteiger partial charge in [-0.05, 0) is 101 Å². The number of rotatable bonds is 6. The molecule has 286 valence electrons. The van der Waals surface area contributed by atoms with Crippen molar-refractivity contribution in [1.82, 2.24) is 15.0 Å². The van der Waals surface area contributed by atoms with Crippen molar-refractivity contribution < 1.29 is 4.74 Å². The van der Waals surface area contributed by atoms with Crippen LogP contribution in [0, 0.1) is 0 Å². The van der Waals surface area contributed by atoms with Crippen LogP contribution in [0.1, 0.15) is 25.0 Å². The van der Waals surface area contributed by atoms with E-state index < -0.39 is 5.41 Å². The lowest BCUT2D eigenvalue weighted by Crippen LogP contribution is -2.30. The molecule has 1 aromatic heterocycles. The number of anilines is 6. The summed E-state index contributed by atoms with van der Waals surface area (Å²) in [5.41, 5.74) is 13.5.